The number of halogens is 4. The zero-order chi connectivity index (χ0) is 12.2. The van der Waals surface area contributed by atoms with Crippen molar-refractivity contribution in [2.45, 2.75) is 12.6 Å². The first-order valence-corrected chi connectivity index (χ1v) is 5.46. The summed E-state index contributed by atoms with van der Waals surface area (Å²) < 4.78 is 37.6. The van der Waals surface area contributed by atoms with Crippen LogP contribution >= 0.6 is 15.9 Å². The van der Waals surface area contributed by atoms with E-state index in [1.807, 2.05) is 0 Å². The number of aliphatic hydroxyl groups excluding tert-OH is 1. The van der Waals surface area contributed by atoms with Crippen LogP contribution in [0.25, 0.3) is 0 Å². The Morgan fingerprint density at radius 2 is 2.00 bits per heavy atom. The SMILES string of the molecule is OCCCNc1ccc(Br)c(C(F)(F)F)c1. The molecular weight excluding hydrogens is 287 g/mol. The second-order valence-corrected chi connectivity index (χ2v) is 4.05. The maximum absolute atomic E-state index is 12.5. The fourth-order valence-electron chi connectivity index (χ4n) is 1.16. The molecule has 0 spiro atoms. The molecule has 1 aromatic carbocycles. The van der Waals surface area contributed by atoms with Crippen LogP contribution in [-0.2, 0) is 6.18 Å². The molecule has 0 fully saturated rings. The summed E-state index contributed by atoms with van der Waals surface area (Å²) in [5, 5.41) is 11.3. The predicted octanol–water partition coefficient (Wildman–Crippen LogP) is 3.26. The average molecular weight is 298 g/mol. The summed E-state index contributed by atoms with van der Waals surface area (Å²) in [5.74, 6) is 0. The molecule has 0 aliphatic rings. The van der Waals surface area contributed by atoms with Gasteiger partial charge >= 0.3 is 6.18 Å². The van der Waals surface area contributed by atoms with E-state index in [4.69, 9.17) is 5.11 Å². The summed E-state index contributed by atoms with van der Waals surface area (Å²) >= 11 is 2.86. The van der Waals surface area contributed by atoms with Gasteiger partial charge in [-0.25, -0.2) is 0 Å². The normalized spacial score (nSPS) is 11.6. The standard InChI is InChI=1S/C10H11BrF3NO/c11-9-3-2-7(15-4-1-5-16)6-8(9)10(12,13)14/h2-3,6,15-16H,1,4-5H2. The molecule has 0 unspecified atom stereocenters. The van der Waals surface area contributed by atoms with Gasteiger partial charge in [0.25, 0.3) is 0 Å². The Balaban J connectivity index is 2.82. The lowest BCUT2D eigenvalue weighted by atomic mass is 10.2. The Bertz CT molecular complexity index is 354. The van der Waals surface area contributed by atoms with Crippen molar-refractivity contribution in [3.05, 3.63) is 28.2 Å². The third-order valence-corrected chi connectivity index (χ3v) is 2.63. The molecule has 0 atom stereocenters. The van der Waals surface area contributed by atoms with Crippen molar-refractivity contribution in [3.8, 4) is 0 Å². The molecule has 0 heterocycles. The number of anilines is 1. The van der Waals surface area contributed by atoms with Crippen molar-refractivity contribution in [2.75, 3.05) is 18.5 Å². The summed E-state index contributed by atoms with van der Waals surface area (Å²) in [6, 6.07) is 3.95. The summed E-state index contributed by atoms with van der Waals surface area (Å²) in [7, 11) is 0. The molecule has 0 radical (unpaired) electrons. The molecule has 0 amide bonds. The summed E-state index contributed by atoms with van der Waals surface area (Å²) in [6.45, 7) is 0.449. The molecular formula is C10H11BrF3NO. The van der Waals surface area contributed by atoms with E-state index < -0.39 is 11.7 Å². The molecule has 16 heavy (non-hydrogen) atoms. The topological polar surface area (TPSA) is 32.3 Å². The number of benzene rings is 1. The van der Waals surface area contributed by atoms with Crippen molar-refractivity contribution >= 4 is 21.6 Å². The van der Waals surface area contributed by atoms with Crippen molar-refractivity contribution < 1.29 is 18.3 Å². The Morgan fingerprint density at radius 1 is 1.31 bits per heavy atom. The molecule has 0 saturated carbocycles. The first-order chi connectivity index (χ1) is 7.45. The van der Waals surface area contributed by atoms with Gasteiger partial charge < -0.3 is 10.4 Å². The first-order valence-electron chi connectivity index (χ1n) is 4.66. The first kappa shape index (κ1) is 13.3. The Morgan fingerprint density at radius 3 is 2.56 bits per heavy atom. The highest BCUT2D eigenvalue weighted by molar-refractivity contribution is 9.10. The number of alkyl halides is 3. The van der Waals surface area contributed by atoms with Gasteiger partial charge in [0.1, 0.15) is 0 Å². The third kappa shape index (κ3) is 3.68. The second kappa shape index (κ2) is 5.54. The lowest BCUT2D eigenvalue weighted by Gasteiger charge is -2.12. The number of aliphatic hydroxyl groups is 1. The summed E-state index contributed by atoms with van der Waals surface area (Å²) in [5.41, 5.74) is -0.314. The molecule has 0 aliphatic heterocycles. The molecule has 1 aromatic rings. The second-order valence-electron chi connectivity index (χ2n) is 3.20. The van der Waals surface area contributed by atoms with Crippen LogP contribution < -0.4 is 5.32 Å². The van der Waals surface area contributed by atoms with Crippen LogP contribution in [0, 0.1) is 0 Å². The maximum atomic E-state index is 12.5. The molecule has 2 N–H and O–H groups in total. The van der Waals surface area contributed by atoms with Crippen molar-refractivity contribution in [2.24, 2.45) is 0 Å². The molecule has 0 saturated heterocycles. The van der Waals surface area contributed by atoms with E-state index in [1.165, 1.54) is 6.07 Å². The minimum atomic E-state index is -4.37. The van der Waals surface area contributed by atoms with E-state index >= 15 is 0 Å². The summed E-state index contributed by atoms with van der Waals surface area (Å²) in [4.78, 5) is 0. The van der Waals surface area contributed by atoms with Crippen molar-refractivity contribution in [1.29, 1.82) is 0 Å². The van der Waals surface area contributed by atoms with E-state index in [0.29, 0.717) is 18.7 Å². The van der Waals surface area contributed by atoms with Gasteiger partial charge in [-0.05, 0) is 24.6 Å². The summed E-state index contributed by atoms with van der Waals surface area (Å²) in [6.07, 6.45) is -3.87. The number of nitrogens with one attached hydrogen (secondary N) is 1. The maximum Gasteiger partial charge on any atom is 0.417 e. The molecule has 2 nitrogen and oxygen atoms in total. The van der Waals surface area contributed by atoms with E-state index in [2.05, 4.69) is 21.2 Å². The van der Waals surface area contributed by atoms with Crippen LogP contribution in [0.4, 0.5) is 18.9 Å². The van der Waals surface area contributed by atoms with E-state index in [1.54, 1.807) is 6.07 Å². The van der Waals surface area contributed by atoms with Gasteiger partial charge in [0.2, 0.25) is 0 Å². The van der Waals surface area contributed by atoms with E-state index in [9.17, 15) is 13.2 Å². The fourth-order valence-corrected chi connectivity index (χ4v) is 1.64. The molecule has 0 aromatic heterocycles. The molecule has 0 bridgehead atoms. The highest BCUT2D eigenvalue weighted by Crippen LogP contribution is 2.36. The van der Waals surface area contributed by atoms with Crippen LogP contribution in [0.3, 0.4) is 0 Å². The van der Waals surface area contributed by atoms with Gasteiger partial charge in [-0.3, -0.25) is 0 Å². The van der Waals surface area contributed by atoms with Crippen LogP contribution in [0.5, 0.6) is 0 Å². The van der Waals surface area contributed by atoms with Crippen molar-refractivity contribution in [1.82, 2.24) is 0 Å². The van der Waals surface area contributed by atoms with Gasteiger partial charge in [0.05, 0.1) is 5.56 Å². The lowest BCUT2D eigenvalue weighted by Crippen LogP contribution is -2.08. The van der Waals surface area contributed by atoms with Gasteiger partial charge in [-0.2, -0.15) is 13.2 Å². The van der Waals surface area contributed by atoms with Gasteiger partial charge in [-0.1, -0.05) is 15.9 Å². The van der Waals surface area contributed by atoms with Gasteiger partial charge in [0.15, 0.2) is 0 Å². The van der Waals surface area contributed by atoms with Crippen LogP contribution in [0.15, 0.2) is 22.7 Å². The molecule has 90 valence electrons. The van der Waals surface area contributed by atoms with Crippen LogP contribution in [0.1, 0.15) is 12.0 Å². The largest absolute Gasteiger partial charge is 0.417 e. The minimum absolute atomic E-state index is 0.00958. The fraction of sp³-hybridized carbons (Fsp3) is 0.400. The smallest absolute Gasteiger partial charge is 0.396 e. The number of hydrogen-bond donors (Lipinski definition) is 2. The third-order valence-electron chi connectivity index (χ3n) is 1.94. The molecule has 1 rings (SSSR count). The Labute approximate surface area is 99.6 Å². The van der Waals surface area contributed by atoms with Gasteiger partial charge in [-0.15, -0.1) is 0 Å². The number of hydrogen-bond acceptors (Lipinski definition) is 2. The van der Waals surface area contributed by atoms with Crippen LogP contribution in [-0.4, -0.2) is 18.3 Å². The van der Waals surface area contributed by atoms with E-state index in [-0.39, 0.29) is 11.1 Å². The van der Waals surface area contributed by atoms with Crippen LogP contribution in [0.2, 0.25) is 0 Å². The lowest BCUT2D eigenvalue weighted by molar-refractivity contribution is -0.138. The van der Waals surface area contributed by atoms with E-state index in [0.717, 1.165) is 6.07 Å². The highest BCUT2D eigenvalue weighted by Gasteiger charge is 2.33. The monoisotopic (exact) mass is 297 g/mol. The molecule has 0 aliphatic carbocycles. The Hall–Kier alpha value is -0.750. The minimum Gasteiger partial charge on any atom is -0.396 e. The van der Waals surface area contributed by atoms with Gasteiger partial charge in [0, 0.05) is 23.3 Å². The molecule has 6 heteroatoms. The quantitative estimate of drug-likeness (QED) is 0.836. The zero-order valence-electron chi connectivity index (χ0n) is 8.31. The zero-order valence-corrected chi connectivity index (χ0v) is 9.90. The van der Waals surface area contributed by atoms with Crippen molar-refractivity contribution in [3.63, 3.8) is 0 Å². The number of rotatable bonds is 4. The highest BCUT2D eigenvalue weighted by atomic mass is 79.9. The average Bonchev–Trinajstić information content (AvgIpc) is 2.19. The predicted molar refractivity (Wildman–Crippen MR) is 59.3 cm³/mol. The Kier molecular flexibility index (Phi) is 4.61.